The molecule has 1 amide bonds. The molecular formula is C11H22N2OS. The number of carbonyl (C=O) groups excluding carboxylic acids is 1. The zero-order valence-corrected chi connectivity index (χ0v) is 10.5. The van der Waals surface area contributed by atoms with E-state index in [9.17, 15) is 4.79 Å². The van der Waals surface area contributed by atoms with Gasteiger partial charge in [0.25, 0.3) is 0 Å². The van der Waals surface area contributed by atoms with Crippen LogP contribution in [-0.4, -0.2) is 31.0 Å². The summed E-state index contributed by atoms with van der Waals surface area (Å²) in [6.07, 6.45) is 11.0. The van der Waals surface area contributed by atoms with Crippen LogP contribution in [0.1, 0.15) is 25.7 Å². The van der Waals surface area contributed by atoms with Gasteiger partial charge in [0.2, 0.25) is 5.91 Å². The monoisotopic (exact) mass is 230 g/mol. The number of amides is 1. The zero-order chi connectivity index (χ0) is 11.5. The van der Waals surface area contributed by atoms with Gasteiger partial charge < -0.3 is 11.1 Å². The molecule has 1 aliphatic rings. The van der Waals surface area contributed by atoms with Crippen molar-refractivity contribution in [1.82, 2.24) is 5.32 Å². The minimum Gasteiger partial charge on any atom is -0.349 e. The van der Waals surface area contributed by atoms with Crippen molar-refractivity contribution >= 4 is 17.7 Å². The Hall–Kier alpha value is -0.480. The predicted molar refractivity (Wildman–Crippen MR) is 68.0 cm³/mol. The molecule has 0 aliphatic heterocycles. The Morgan fingerprint density at radius 3 is 2.93 bits per heavy atom. The Labute approximate surface area is 96.9 Å². The van der Waals surface area contributed by atoms with Gasteiger partial charge in [-0.1, -0.05) is 18.6 Å². The number of hydrogen-bond donors (Lipinski definition) is 2. The van der Waals surface area contributed by atoms with Gasteiger partial charge in [0.15, 0.2) is 0 Å². The third kappa shape index (κ3) is 7.45. The van der Waals surface area contributed by atoms with Crippen LogP contribution in [0.15, 0.2) is 12.2 Å². The third-order valence-electron chi connectivity index (χ3n) is 2.13. The lowest BCUT2D eigenvalue weighted by atomic mass is 10.1. The molecule has 3 N–H and O–H groups in total. The molecule has 0 saturated heterocycles. The summed E-state index contributed by atoms with van der Waals surface area (Å²) in [4.78, 5) is 11.3. The van der Waals surface area contributed by atoms with E-state index < -0.39 is 0 Å². The van der Waals surface area contributed by atoms with Crippen LogP contribution in [0.3, 0.4) is 0 Å². The molecule has 4 heteroatoms. The molecule has 0 aromatic rings. The SMILES string of the molecule is CN.CSCC(=O)NC1C=CCCCC1. The van der Waals surface area contributed by atoms with Gasteiger partial charge in [0.05, 0.1) is 5.75 Å². The van der Waals surface area contributed by atoms with Gasteiger partial charge in [-0.2, -0.15) is 11.8 Å². The minimum absolute atomic E-state index is 0.157. The van der Waals surface area contributed by atoms with Crippen LogP contribution in [-0.2, 0) is 4.79 Å². The number of allylic oxidation sites excluding steroid dienone is 1. The fraction of sp³-hybridized carbons (Fsp3) is 0.727. The summed E-state index contributed by atoms with van der Waals surface area (Å²) in [5.74, 6) is 0.730. The highest BCUT2D eigenvalue weighted by Crippen LogP contribution is 2.10. The highest BCUT2D eigenvalue weighted by atomic mass is 32.2. The maximum Gasteiger partial charge on any atom is 0.230 e. The fourth-order valence-corrected chi connectivity index (χ4v) is 1.83. The van der Waals surface area contributed by atoms with Gasteiger partial charge in [-0.15, -0.1) is 0 Å². The maximum absolute atomic E-state index is 11.3. The maximum atomic E-state index is 11.3. The van der Waals surface area contributed by atoms with Gasteiger partial charge in [0, 0.05) is 6.04 Å². The lowest BCUT2D eigenvalue weighted by molar-refractivity contribution is -0.119. The molecule has 0 aromatic carbocycles. The van der Waals surface area contributed by atoms with E-state index in [1.165, 1.54) is 19.9 Å². The summed E-state index contributed by atoms with van der Waals surface area (Å²) in [6.45, 7) is 0. The molecule has 0 saturated carbocycles. The van der Waals surface area contributed by atoms with E-state index >= 15 is 0 Å². The smallest absolute Gasteiger partial charge is 0.230 e. The zero-order valence-electron chi connectivity index (χ0n) is 9.66. The summed E-state index contributed by atoms with van der Waals surface area (Å²) in [7, 11) is 1.50. The van der Waals surface area contributed by atoms with Crippen molar-refractivity contribution in [2.45, 2.75) is 31.7 Å². The quantitative estimate of drug-likeness (QED) is 0.723. The van der Waals surface area contributed by atoms with E-state index in [0.717, 1.165) is 12.8 Å². The first-order chi connectivity index (χ1) is 7.33. The van der Waals surface area contributed by atoms with Crippen molar-refractivity contribution < 1.29 is 4.79 Å². The van der Waals surface area contributed by atoms with Gasteiger partial charge in [0.1, 0.15) is 0 Å². The standard InChI is InChI=1S/C10H17NOS.CH5N/c1-13-8-10(12)11-9-6-4-2-3-5-7-9;1-2/h4,6,9H,2-3,5,7-8H2,1H3,(H,11,12);2H2,1H3. The van der Waals surface area contributed by atoms with Crippen molar-refractivity contribution in [3.63, 3.8) is 0 Å². The van der Waals surface area contributed by atoms with Crippen LogP contribution in [0.2, 0.25) is 0 Å². The van der Waals surface area contributed by atoms with Crippen molar-refractivity contribution in [3.05, 3.63) is 12.2 Å². The molecule has 1 atom stereocenters. The second kappa shape index (κ2) is 10.1. The van der Waals surface area contributed by atoms with E-state index in [2.05, 4.69) is 23.2 Å². The van der Waals surface area contributed by atoms with E-state index in [4.69, 9.17) is 0 Å². The van der Waals surface area contributed by atoms with E-state index in [-0.39, 0.29) is 11.9 Å². The van der Waals surface area contributed by atoms with E-state index in [1.54, 1.807) is 11.8 Å². The average molecular weight is 230 g/mol. The summed E-state index contributed by atoms with van der Waals surface area (Å²) in [6, 6.07) is 0.280. The molecule has 0 radical (unpaired) electrons. The van der Waals surface area contributed by atoms with E-state index in [1.807, 2.05) is 6.26 Å². The Kier molecular flexibility index (Phi) is 9.73. The van der Waals surface area contributed by atoms with Crippen LogP contribution >= 0.6 is 11.8 Å². The van der Waals surface area contributed by atoms with Crippen LogP contribution in [0.25, 0.3) is 0 Å². The number of hydrogen-bond acceptors (Lipinski definition) is 3. The van der Waals surface area contributed by atoms with Gasteiger partial charge in [-0.3, -0.25) is 4.79 Å². The summed E-state index contributed by atoms with van der Waals surface area (Å²) in [5.41, 5.74) is 4.50. The normalized spacial score (nSPS) is 19.8. The summed E-state index contributed by atoms with van der Waals surface area (Å²) >= 11 is 1.57. The average Bonchev–Trinajstić information content (AvgIpc) is 2.50. The third-order valence-corrected chi connectivity index (χ3v) is 2.68. The lowest BCUT2D eigenvalue weighted by Crippen LogP contribution is -2.34. The van der Waals surface area contributed by atoms with Gasteiger partial charge in [-0.05, 0) is 32.6 Å². The van der Waals surface area contributed by atoms with Crippen molar-refractivity contribution in [2.24, 2.45) is 5.73 Å². The molecule has 0 spiro atoms. The molecule has 3 nitrogen and oxygen atoms in total. The number of rotatable bonds is 3. The first kappa shape index (κ1) is 14.5. The number of thioether (sulfide) groups is 1. The largest absolute Gasteiger partial charge is 0.349 e. The molecular weight excluding hydrogens is 208 g/mol. The molecule has 88 valence electrons. The minimum atomic E-state index is 0.157. The van der Waals surface area contributed by atoms with Crippen LogP contribution in [0.4, 0.5) is 0 Å². The molecule has 0 heterocycles. The first-order valence-corrected chi connectivity index (χ1v) is 6.75. The Morgan fingerprint density at radius 2 is 2.27 bits per heavy atom. The van der Waals surface area contributed by atoms with Crippen molar-refractivity contribution in [2.75, 3.05) is 19.1 Å². The van der Waals surface area contributed by atoms with Crippen LogP contribution in [0, 0.1) is 0 Å². The second-order valence-corrected chi connectivity index (χ2v) is 4.19. The summed E-state index contributed by atoms with van der Waals surface area (Å²) < 4.78 is 0. The molecule has 1 rings (SSSR count). The highest BCUT2D eigenvalue weighted by molar-refractivity contribution is 7.99. The number of nitrogens with one attached hydrogen (secondary N) is 1. The van der Waals surface area contributed by atoms with Crippen molar-refractivity contribution in [3.8, 4) is 0 Å². The molecule has 0 bridgehead atoms. The Bertz CT molecular complexity index is 195. The Morgan fingerprint density at radius 1 is 1.53 bits per heavy atom. The molecule has 0 aromatic heterocycles. The molecule has 1 aliphatic carbocycles. The van der Waals surface area contributed by atoms with Gasteiger partial charge in [-0.25, -0.2) is 0 Å². The highest BCUT2D eigenvalue weighted by Gasteiger charge is 2.09. The molecule has 15 heavy (non-hydrogen) atoms. The van der Waals surface area contributed by atoms with Crippen LogP contribution in [0.5, 0.6) is 0 Å². The first-order valence-electron chi connectivity index (χ1n) is 5.35. The summed E-state index contributed by atoms with van der Waals surface area (Å²) in [5, 5.41) is 3.01. The topological polar surface area (TPSA) is 55.1 Å². The molecule has 1 unspecified atom stereocenters. The number of carbonyl (C=O) groups is 1. The number of nitrogens with two attached hydrogens (primary N) is 1. The predicted octanol–water partition coefficient (Wildman–Crippen LogP) is 1.54. The fourth-order valence-electron chi connectivity index (χ4n) is 1.48. The van der Waals surface area contributed by atoms with Crippen LogP contribution < -0.4 is 11.1 Å². The second-order valence-electron chi connectivity index (χ2n) is 3.32. The van der Waals surface area contributed by atoms with Crippen molar-refractivity contribution in [1.29, 1.82) is 0 Å². The van der Waals surface area contributed by atoms with E-state index in [0.29, 0.717) is 5.75 Å². The lowest BCUT2D eigenvalue weighted by Gasteiger charge is -2.12. The van der Waals surface area contributed by atoms with Gasteiger partial charge >= 0.3 is 0 Å². The molecule has 0 fully saturated rings. The Balaban J connectivity index is 0.000000921.